The van der Waals surface area contributed by atoms with Crippen molar-refractivity contribution >= 4 is 0 Å². The van der Waals surface area contributed by atoms with Crippen molar-refractivity contribution in [2.45, 2.75) is 92.1 Å². The third kappa shape index (κ3) is 5.52. The van der Waals surface area contributed by atoms with Crippen LogP contribution in [-0.4, -0.2) is 168 Å². The number of rotatable bonds is 8. The Kier molecular flexibility index (Phi) is 9.54. The zero-order chi connectivity index (χ0) is 25.3. The Balaban J connectivity index is 1.64. The van der Waals surface area contributed by atoms with E-state index in [9.17, 15) is 56.2 Å². The van der Waals surface area contributed by atoms with E-state index in [0.717, 1.165) is 0 Å². The van der Waals surface area contributed by atoms with Gasteiger partial charge in [-0.25, -0.2) is 0 Å². The second-order valence-electron chi connectivity index (χ2n) is 8.38. The van der Waals surface area contributed by atoms with Gasteiger partial charge >= 0.3 is 0 Å². The molecule has 0 aliphatic carbocycles. The maximum absolute atomic E-state index is 10.5. The van der Waals surface area contributed by atoms with Gasteiger partial charge in [-0.2, -0.15) is 0 Å². The number of hydrogen-bond donors (Lipinski definition) is 11. The van der Waals surface area contributed by atoms with Gasteiger partial charge < -0.3 is 79.9 Å². The molecule has 0 spiro atoms. The van der Waals surface area contributed by atoms with Crippen LogP contribution in [-0.2, 0) is 23.7 Å². The van der Waals surface area contributed by atoms with Gasteiger partial charge in [-0.15, -0.1) is 0 Å². The van der Waals surface area contributed by atoms with Crippen LogP contribution in [0.5, 0.6) is 0 Å². The molecule has 0 aromatic rings. The number of aliphatic hydroxyl groups is 11. The summed E-state index contributed by atoms with van der Waals surface area (Å²) in [7, 11) is 0. The normalized spacial score (nSPS) is 50.9. The SMILES string of the molecule is OC[C@H]1O[C@@H](OC[C@@H](O)[C@@H]2O[C@@H](O)[C@H](O)[C@H]2O[C@@H]2O[C@H](CO)[C@H](O)[C@H](O)[C@H]2O)[C@H](O)[C@@H](O)[C@H]1O. The van der Waals surface area contributed by atoms with Crippen LogP contribution >= 0.6 is 0 Å². The fourth-order valence-corrected chi connectivity index (χ4v) is 3.97. The Labute approximate surface area is 192 Å². The molecule has 0 saturated carbocycles. The second kappa shape index (κ2) is 11.6. The van der Waals surface area contributed by atoms with Crippen LogP contribution in [0.15, 0.2) is 0 Å². The molecule has 11 N–H and O–H groups in total. The molecule has 3 aliphatic rings. The molecule has 0 amide bonds. The van der Waals surface area contributed by atoms with E-state index >= 15 is 0 Å². The van der Waals surface area contributed by atoms with Crippen molar-refractivity contribution in [3.05, 3.63) is 0 Å². The molecule has 3 fully saturated rings. The van der Waals surface area contributed by atoms with Crippen molar-refractivity contribution in [2.75, 3.05) is 19.8 Å². The van der Waals surface area contributed by atoms with Gasteiger partial charge in [-0.3, -0.25) is 0 Å². The van der Waals surface area contributed by atoms with Gasteiger partial charge in [0.25, 0.3) is 0 Å². The first kappa shape index (κ1) is 27.9. The molecule has 0 bridgehead atoms. The zero-order valence-electron chi connectivity index (χ0n) is 17.7. The maximum atomic E-state index is 10.5. The van der Waals surface area contributed by atoms with Crippen molar-refractivity contribution in [3.8, 4) is 0 Å². The Morgan fingerprint density at radius 2 is 1.12 bits per heavy atom. The molecular formula is C18H32O16. The molecule has 3 aliphatic heterocycles. The fraction of sp³-hybridized carbons (Fsp3) is 1.00. The first-order valence-corrected chi connectivity index (χ1v) is 10.6. The summed E-state index contributed by atoms with van der Waals surface area (Å²) in [4.78, 5) is 0. The van der Waals surface area contributed by atoms with E-state index in [1.807, 2.05) is 0 Å². The smallest absolute Gasteiger partial charge is 0.187 e. The van der Waals surface area contributed by atoms with Crippen LogP contribution < -0.4 is 0 Å². The third-order valence-corrected chi connectivity index (χ3v) is 6.05. The van der Waals surface area contributed by atoms with Gasteiger partial charge in [0.15, 0.2) is 18.9 Å². The minimum absolute atomic E-state index is 0.679. The molecule has 0 radical (unpaired) electrons. The van der Waals surface area contributed by atoms with Crippen LogP contribution in [0.4, 0.5) is 0 Å². The lowest BCUT2D eigenvalue weighted by Gasteiger charge is -2.41. The highest BCUT2D eigenvalue weighted by atomic mass is 16.7. The minimum atomic E-state index is -1.85. The fourth-order valence-electron chi connectivity index (χ4n) is 3.97. The molecule has 34 heavy (non-hydrogen) atoms. The molecular weight excluding hydrogens is 472 g/mol. The van der Waals surface area contributed by atoms with Crippen LogP contribution in [0.2, 0.25) is 0 Å². The predicted octanol–water partition coefficient (Wildman–Crippen LogP) is -7.57. The van der Waals surface area contributed by atoms with Gasteiger partial charge in [0.2, 0.25) is 0 Å². The van der Waals surface area contributed by atoms with Gasteiger partial charge in [0.1, 0.15) is 73.2 Å². The first-order chi connectivity index (χ1) is 16.0. The Bertz CT molecular complexity index is 637. The summed E-state index contributed by atoms with van der Waals surface area (Å²) >= 11 is 0. The van der Waals surface area contributed by atoms with Crippen LogP contribution in [0.3, 0.4) is 0 Å². The average molecular weight is 504 g/mol. The molecule has 0 aromatic heterocycles. The number of ether oxygens (including phenoxy) is 5. The van der Waals surface area contributed by atoms with Crippen LogP contribution in [0.1, 0.15) is 0 Å². The molecule has 0 aromatic carbocycles. The van der Waals surface area contributed by atoms with E-state index in [2.05, 4.69) is 0 Å². The molecule has 0 unspecified atom stereocenters. The van der Waals surface area contributed by atoms with Gasteiger partial charge in [0.05, 0.1) is 19.8 Å². The van der Waals surface area contributed by atoms with Crippen molar-refractivity contribution < 1.29 is 79.9 Å². The summed E-state index contributed by atoms with van der Waals surface area (Å²) < 4.78 is 26.1. The molecule has 15 atom stereocenters. The predicted molar refractivity (Wildman–Crippen MR) is 101 cm³/mol. The average Bonchev–Trinajstić information content (AvgIpc) is 3.10. The standard InChI is InChI=1S/C18H32O16/c19-1-5-7(22)9(24)11(26)17(31-5)30-3-4(21)14-15(13(28)16(29)33-14)34-18-12(27)10(25)8(23)6(2-20)32-18/h4-29H,1-3H2/t4-,5-,6-,7+,8+,9+,10+,11-,12-,13-,14+,15-,16-,17-,18+/m1/s1. The quantitative estimate of drug-likeness (QED) is 0.146. The monoisotopic (exact) mass is 504 g/mol. The van der Waals surface area contributed by atoms with Gasteiger partial charge in [-0.1, -0.05) is 0 Å². The maximum Gasteiger partial charge on any atom is 0.187 e. The molecule has 3 rings (SSSR count). The molecule has 3 saturated heterocycles. The van der Waals surface area contributed by atoms with Crippen molar-refractivity contribution in [1.82, 2.24) is 0 Å². The summed E-state index contributed by atoms with van der Waals surface area (Å²) in [6.45, 7) is -2.12. The van der Waals surface area contributed by atoms with Gasteiger partial charge in [0, 0.05) is 0 Å². The Morgan fingerprint density at radius 1 is 0.618 bits per heavy atom. The summed E-state index contributed by atoms with van der Waals surface area (Å²) in [6, 6.07) is 0. The van der Waals surface area contributed by atoms with Gasteiger partial charge in [-0.05, 0) is 0 Å². The van der Waals surface area contributed by atoms with E-state index < -0.39 is 112 Å². The molecule has 200 valence electrons. The largest absolute Gasteiger partial charge is 0.394 e. The lowest BCUT2D eigenvalue weighted by molar-refractivity contribution is -0.322. The van der Waals surface area contributed by atoms with Crippen molar-refractivity contribution in [1.29, 1.82) is 0 Å². The highest BCUT2D eigenvalue weighted by molar-refractivity contribution is 4.95. The number of hydrogen-bond acceptors (Lipinski definition) is 16. The Hall–Kier alpha value is -0.640. The topological polar surface area (TPSA) is 269 Å². The highest BCUT2D eigenvalue weighted by Crippen LogP contribution is 2.31. The first-order valence-electron chi connectivity index (χ1n) is 10.6. The van der Waals surface area contributed by atoms with Crippen molar-refractivity contribution in [3.63, 3.8) is 0 Å². The summed E-state index contributed by atoms with van der Waals surface area (Å²) in [5.74, 6) is 0. The molecule has 3 heterocycles. The third-order valence-electron chi connectivity index (χ3n) is 6.05. The van der Waals surface area contributed by atoms with E-state index in [4.69, 9.17) is 23.7 Å². The Morgan fingerprint density at radius 3 is 1.65 bits per heavy atom. The van der Waals surface area contributed by atoms with E-state index in [-0.39, 0.29) is 0 Å². The van der Waals surface area contributed by atoms with E-state index in [1.165, 1.54) is 0 Å². The van der Waals surface area contributed by atoms with Crippen molar-refractivity contribution in [2.24, 2.45) is 0 Å². The van der Waals surface area contributed by atoms with E-state index in [0.29, 0.717) is 0 Å². The molecule has 16 nitrogen and oxygen atoms in total. The van der Waals surface area contributed by atoms with E-state index in [1.54, 1.807) is 0 Å². The minimum Gasteiger partial charge on any atom is -0.394 e. The summed E-state index contributed by atoms with van der Waals surface area (Å²) in [6.07, 6.45) is -24.6. The summed E-state index contributed by atoms with van der Waals surface area (Å²) in [5, 5.41) is 109. The lowest BCUT2D eigenvalue weighted by Crippen LogP contribution is -2.61. The van der Waals surface area contributed by atoms with Crippen LogP contribution in [0, 0.1) is 0 Å². The molecule has 16 heteroatoms. The number of aliphatic hydroxyl groups excluding tert-OH is 11. The highest BCUT2D eigenvalue weighted by Gasteiger charge is 2.52. The zero-order valence-corrected chi connectivity index (χ0v) is 17.7. The second-order valence-corrected chi connectivity index (χ2v) is 8.38. The lowest BCUT2D eigenvalue weighted by atomic mass is 9.98. The van der Waals surface area contributed by atoms with Crippen LogP contribution in [0.25, 0.3) is 0 Å². The summed E-state index contributed by atoms with van der Waals surface area (Å²) in [5.41, 5.74) is 0.